The van der Waals surface area contributed by atoms with Crippen LogP contribution in [-0.4, -0.2) is 28.3 Å². The fraction of sp³-hybridized carbons (Fsp3) is 0.207. The third-order valence-electron chi connectivity index (χ3n) is 6.61. The first-order valence-corrected chi connectivity index (χ1v) is 12.9. The first-order chi connectivity index (χ1) is 19.3. The Morgan fingerprint density at radius 3 is 2.15 bits per heavy atom. The van der Waals surface area contributed by atoms with Gasteiger partial charge in [-0.2, -0.15) is 23.7 Å². The maximum atomic E-state index is 15.1. The molecule has 1 fully saturated rings. The zero-order chi connectivity index (χ0) is 30.1. The molecule has 1 N–H and O–H groups in total. The molecule has 0 aliphatic carbocycles. The van der Waals surface area contributed by atoms with Gasteiger partial charge in [-0.3, -0.25) is 4.90 Å². The molecule has 12 heteroatoms. The molecule has 208 valence electrons. The van der Waals surface area contributed by atoms with E-state index in [0.29, 0.717) is 22.5 Å². The van der Waals surface area contributed by atoms with Crippen molar-refractivity contribution < 1.29 is 17.6 Å². The minimum absolute atomic E-state index is 0.0515. The van der Waals surface area contributed by atoms with E-state index in [-0.39, 0.29) is 21.7 Å². The second kappa shape index (κ2) is 11.2. The van der Waals surface area contributed by atoms with E-state index in [9.17, 15) is 18.4 Å². The number of benzene rings is 3. The Balaban J connectivity index is 1.84. The molecule has 3 aromatic rings. The predicted molar refractivity (Wildman–Crippen MR) is 159 cm³/mol. The highest BCUT2D eigenvalue weighted by molar-refractivity contribution is 7.81. The first kappa shape index (κ1) is 29.6. The number of hydrogen-bond acceptors (Lipinski definition) is 4. The standard InChI is InChI=1S/C29H22F4N6S2/c1-17-4-9-22(10-5-17)39-27(41)38(23-11-7-19(14-34)18(2)12-23)25(28(39,3)16-30)37-26(40)36-21-8-6-20(15-35)24(13-21)29(31,32)33/h4-13H,16H2,1-3H3,(H,36,40). The van der Waals surface area contributed by atoms with Crippen LogP contribution in [0.15, 0.2) is 65.7 Å². The highest BCUT2D eigenvalue weighted by Gasteiger charge is 2.52. The largest absolute Gasteiger partial charge is 0.417 e. The average molecular weight is 595 g/mol. The van der Waals surface area contributed by atoms with Crippen molar-refractivity contribution in [3.8, 4) is 12.1 Å². The molecular formula is C29H22F4N6S2. The van der Waals surface area contributed by atoms with Gasteiger partial charge in [0.25, 0.3) is 0 Å². The van der Waals surface area contributed by atoms with E-state index in [1.54, 1.807) is 49.1 Å². The fourth-order valence-electron chi connectivity index (χ4n) is 4.47. The molecule has 41 heavy (non-hydrogen) atoms. The second-order valence-electron chi connectivity index (χ2n) is 9.54. The topological polar surface area (TPSA) is 78.4 Å². The molecule has 1 aliphatic heterocycles. The Bertz CT molecular complexity index is 1650. The number of aryl methyl sites for hydroxylation is 2. The molecule has 1 aliphatic rings. The van der Waals surface area contributed by atoms with Gasteiger partial charge in [0.1, 0.15) is 18.0 Å². The van der Waals surface area contributed by atoms with Crippen molar-refractivity contribution in [1.29, 1.82) is 10.5 Å². The number of rotatable bonds is 4. The van der Waals surface area contributed by atoms with Gasteiger partial charge in [-0.1, -0.05) is 17.7 Å². The third-order valence-corrected chi connectivity index (χ3v) is 7.17. The summed E-state index contributed by atoms with van der Waals surface area (Å²) in [4.78, 5) is 7.64. The zero-order valence-electron chi connectivity index (χ0n) is 22.0. The monoisotopic (exact) mass is 594 g/mol. The number of anilines is 3. The molecule has 1 unspecified atom stereocenters. The third kappa shape index (κ3) is 5.62. The summed E-state index contributed by atoms with van der Waals surface area (Å²) in [5.74, 6) is 0.0943. The van der Waals surface area contributed by atoms with E-state index in [2.05, 4.69) is 16.4 Å². The van der Waals surface area contributed by atoms with Crippen LogP contribution in [0.3, 0.4) is 0 Å². The van der Waals surface area contributed by atoms with Crippen LogP contribution in [0.1, 0.15) is 34.7 Å². The van der Waals surface area contributed by atoms with Crippen molar-refractivity contribution in [2.75, 3.05) is 21.8 Å². The number of amidine groups is 1. The summed E-state index contributed by atoms with van der Waals surface area (Å²) in [5, 5.41) is 21.1. The van der Waals surface area contributed by atoms with Gasteiger partial charge < -0.3 is 10.2 Å². The van der Waals surface area contributed by atoms with Crippen LogP contribution in [0.5, 0.6) is 0 Å². The number of nitriles is 2. The molecule has 0 amide bonds. The molecule has 6 nitrogen and oxygen atoms in total. The quantitative estimate of drug-likeness (QED) is 0.253. The summed E-state index contributed by atoms with van der Waals surface area (Å²) >= 11 is 11.2. The zero-order valence-corrected chi connectivity index (χ0v) is 23.7. The van der Waals surface area contributed by atoms with Gasteiger partial charge in [-0.25, -0.2) is 9.38 Å². The van der Waals surface area contributed by atoms with Gasteiger partial charge in [-0.15, -0.1) is 0 Å². The lowest BCUT2D eigenvalue weighted by Crippen LogP contribution is -2.49. The summed E-state index contributed by atoms with van der Waals surface area (Å²) in [6.07, 6.45) is -4.76. The SMILES string of the molecule is Cc1ccc(N2C(=S)N(c3ccc(C#N)c(C)c3)C(=NC(=S)Nc3ccc(C#N)c(C(F)(F)F)c3)C2(C)CF)cc1. The Morgan fingerprint density at radius 2 is 1.59 bits per heavy atom. The maximum Gasteiger partial charge on any atom is 0.417 e. The molecule has 1 atom stereocenters. The molecule has 0 saturated carbocycles. The maximum absolute atomic E-state index is 15.1. The molecule has 4 rings (SSSR count). The molecule has 0 bridgehead atoms. The fourth-order valence-corrected chi connectivity index (χ4v) is 5.17. The Kier molecular flexibility index (Phi) is 8.11. The summed E-state index contributed by atoms with van der Waals surface area (Å²) < 4.78 is 55.6. The molecule has 1 saturated heterocycles. The van der Waals surface area contributed by atoms with Crippen LogP contribution < -0.4 is 15.1 Å². The van der Waals surface area contributed by atoms with Crippen molar-refractivity contribution in [2.24, 2.45) is 4.99 Å². The predicted octanol–water partition coefficient (Wildman–Crippen LogP) is 7.20. The van der Waals surface area contributed by atoms with Gasteiger partial charge in [0, 0.05) is 17.1 Å². The lowest BCUT2D eigenvalue weighted by Gasteiger charge is -2.32. The molecule has 3 aromatic carbocycles. The van der Waals surface area contributed by atoms with E-state index in [1.165, 1.54) is 17.0 Å². The van der Waals surface area contributed by atoms with Gasteiger partial charge in [0.2, 0.25) is 0 Å². The summed E-state index contributed by atoms with van der Waals surface area (Å²) in [6.45, 7) is 4.32. The van der Waals surface area contributed by atoms with Crippen LogP contribution in [0.25, 0.3) is 0 Å². The summed E-state index contributed by atoms with van der Waals surface area (Å²) in [6, 6.07) is 19.0. The van der Waals surface area contributed by atoms with Crippen molar-refractivity contribution in [3.05, 3.63) is 88.5 Å². The lowest BCUT2D eigenvalue weighted by atomic mass is 10.00. The second-order valence-corrected chi connectivity index (χ2v) is 10.3. The number of alkyl halides is 4. The molecule has 0 aromatic heterocycles. The highest BCUT2D eigenvalue weighted by atomic mass is 32.1. The van der Waals surface area contributed by atoms with Crippen molar-refractivity contribution in [2.45, 2.75) is 32.5 Å². The Hall–Kier alpha value is -4.39. The number of nitrogens with one attached hydrogen (secondary N) is 1. The average Bonchev–Trinajstić information content (AvgIpc) is 3.14. The minimum atomic E-state index is -4.76. The Morgan fingerprint density at radius 1 is 0.976 bits per heavy atom. The van der Waals surface area contributed by atoms with Crippen LogP contribution in [-0.2, 0) is 6.18 Å². The summed E-state index contributed by atoms with van der Waals surface area (Å²) in [7, 11) is 0. The van der Waals surface area contributed by atoms with Crippen molar-refractivity contribution >= 4 is 57.6 Å². The van der Waals surface area contributed by atoms with Gasteiger partial charge in [0.05, 0.1) is 28.8 Å². The molecule has 0 spiro atoms. The number of hydrogen-bond donors (Lipinski definition) is 1. The van der Waals surface area contributed by atoms with Crippen molar-refractivity contribution in [1.82, 2.24) is 0 Å². The smallest absolute Gasteiger partial charge is 0.331 e. The number of aliphatic imine (C=N–C) groups is 1. The van der Waals surface area contributed by atoms with Gasteiger partial charge in [-0.05, 0) is 99.3 Å². The molecule has 0 radical (unpaired) electrons. The van der Waals surface area contributed by atoms with Gasteiger partial charge in [0.15, 0.2) is 10.2 Å². The molecule has 1 heterocycles. The van der Waals surface area contributed by atoms with Crippen LogP contribution >= 0.6 is 24.4 Å². The van der Waals surface area contributed by atoms with Crippen LogP contribution in [0.2, 0.25) is 0 Å². The van der Waals surface area contributed by atoms with Crippen LogP contribution in [0, 0.1) is 36.5 Å². The number of thiocarbonyl (C=S) groups is 2. The number of nitrogens with zero attached hydrogens (tertiary/aromatic N) is 5. The Labute approximate surface area is 245 Å². The van der Waals surface area contributed by atoms with Crippen molar-refractivity contribution in [3.63, 3.8) is 0 Å². The first-order valence-electron chi connectivity index (χ1n) is 12.1. The van der Waals surface area contributed by atoms with E-state index in [0.717, 1.165) is 17.7 Å². The van der Waals surface area contributed by atoms with E-state index in [4.69, 9.17) is 29.7 Å². The molecular weight excluding hydrogens is 572 g/mol. The minimum Gasteiger partial charge on any atom is -0.331 e. The lowest BCUT2D eigenvalue weighted by molar-refractivity contribution is -0.137. The van der Waals surface area contributed by atoms with E-state index >= 15 is 4.39 Å². The van der Waals surface area contributed by atoms with Crippen LogP contribution in [0.4, 0.5) is 34.6 Å². The highest BCUT2D eigenvalue weighted by Crippen LogP contribution is 2.39. The normalized spacial score (nSPS) is 17.9. The summed E-state index contributed by atoms with van der Waals surface area (Å²) in [5.41, 5.74) is 0.00723. The number of halogens is 4. The van der Waals surface area contributed by atoms with E-state index in [1.807, 2.05) is 19.1 Å². The van der Waals surface area contributed by atoms with E-state index < -0.39 is 29.5 Å². The van der Waals surface area contributed by atoms with Gasteiger partial charge >= 0.3 is 6.18 Å².